The van der Waals surface area contributed by atoms with Crippen LogP contribution in [0.15, 0.2) is 24.3 Å². The van der Waals surface area contributed by atoms with Crippen molar-refractivity contribution in [1.29, 1.82) is 0 Å². The third-order valence-electron chi connectivity index (χ3n) is 3.77. The quantitative estimate of drug-likeness (QED) is 0.708. The zero-order valence-corrected chi connectivity index (χ0v) is 14.9. The zero-order valence-electron chi connectivity index (χ0n) is 14.2. The lowest BCUT2D eigenvalue weighted by molar-refractivity contribution is -0.127. The number of nitrogens with two attached hydrogens (primary N) is 1. The lowest BCUT2D eigenvalue weighted by Gasteiger charge is -2.26. The zero-order chi connectivity index (χ0) is 17.6. The Morgan fingerprint density at radius 3 is 2.39 bits per heavy atom. The van der Waals surface area contributed by atoms with Crippen molar-refractivity contribution >= 4 is 23.4 Å². The number of hydrogen-bond donors (Lipinski definition) is 3. The minimum absolute atomic E-state index is 0.0252. The van der Waals surface area contributed by atoms with Crippen LogP contribution in [0.25, 0.3) is 0 Å². The smallest absolute Gasteiger partial charge is 0.239 e. The van der Waals surface area contributed by atoms with Crippen molar-refractivity contribution in [3.63, 3.8) is 0 Å². The molecule has 2 amide bonds. The Morgan fingerprint density at radius 2 is 1.83 bits per heavy atom. The minimum Gasteiger partial charge on any atom is -0.354 e. The van der Waals surface area contributed by atoms with Gasteiger partial charge in [-0.1, -0.05) is 57.5 Å². The number of amides is 2. The summed E-state index contributed by atoms with van der Waals surface area (Å²) in [5.41, 5.74) is 6.38. The molecule has 128 valence electrons. The van der Waals surface area contributed by atoms with Gasteiger partial charge in [0.25, 0.3) is 0 Å². The van der Waals surface area contributed by atoms with E-state index in [0.717, 1.165) is 5.56 Å². The Kier molecular flexibility index (Phi) is 7.03. The van der Waals surface area contributed by atoms with Crippen molar-refractivity contribution < 1.29 is 9.59 Å². The standard InChI is InChI=1S/C17H26ClN3O2/c1-11(2)15(19)16(23)20-9-14(22)21-10-17(3,4)12-7-5-6-8-13(12)18/h5-8,11,15H,9-10,19H2,1-4H3,(H,20,23)(H,21,22)/t15-/m0/s1. The Balaban J connectivity index is 2.50. The van der Waals surface area contributed by atoms with Crippen molar-refractivity contribution in [2.24, 2.45) is 11.7 Å². The molecule has 0 aliphatic heterocycles. The molecule has 0 unspecified atom stereocenters. The van der Waals surface area contributed by atoms with Gasteiger partial charge in [-0.25, -0.2) is 0 Å². The molecule has 0 aromatic heterocycles. The third-order valence-corrected chi connectivity index (χ3v) is 4.10. The van der Waals surface area contributed by atoms with Crippen molar-refractivity contribution in [1.82, 2.24) is 10.6 Å². The van der Waals surface area contributed by atoms with Crippen LogP contribution in [0.4, 0.5) is 0 Å². The fourth-order valence-electron chi connectivity index (χ4n) is 2.08. The molecule has 5 nitrogen and oxygen atoms in total. The van der Waals surface area contributed by atoms with E-state index < -0.39 is 6.04 Å². The first-order valence-corrected chi connectivity index (χ1v) is 8.08. The minimum atomic E-state index is -0.609. The SMILES string of the molecule is CC(C)[C@H](N)C(=O)NCC(=O)NCC(C)(C)c1ccccc1Cl. The maximum absolute atomic E-state index is 11.9. The van der Waals surface area contributed by atoms with Gasteiger partial charge in [-0.05, 0) is 17.5 Å². The molecule has 4 N–H and O–H groups in total. The first-order valence-electron chi connectivity index (χ1n) is 7.70. The number of nitrogens with one attached hydrogen (secondary N) is 2. The normalized spacial score (nSPS) is 12.8. The van der Waals surface area contributed by atoms with E-state index in [0.29, 0.717) is 11.6 Å². The van der Waals surface area contributed by atoms with Crippen molar-refractivity contribution in [2.45, 2.75) is 39.2 Å². The molecular weight excluding hydrogens is 314 g/mol. The Bertz CT molecular complexity index is 559. The van der Waals surface area contributed by atoms with Crippen LogP contribution in [0.5, 0.6) is 0 Å². The van der Waals surface area contributed by atoms with E-state index in [1.54, 1.807) is 0 Å². The molecule has 23 heavy (non-hydrogen) atoms. The fourth-order valence-corrected chi connectivity index (χ4v) is 2.47. The van der Waals surface area contributed by atoms with E-state index in [1.807, 2.05) is 52.0 Å². The Hall–Kier alpha value is -1.59. The van der Waals surface area contributed by atoms with E-state index >= 15 is 0 Å². The monoisotopic (exact) mass is 339 g/mol. The maximum Gasteiger partial charge on any atom is 0.239 e. The third kappa shape index (κ3) is 5.84. The topological polar surface area (TPSA) is 84.2 Å². The highest BCUT2D eigenvalue weighted by Crippen LogP contribution is 2.28. The number of carbonyl (C=O) groups is 2. The molecule has 1 aromatic rings. The first-order chi connectivity index (χ1) is 10.6. The van der Waals surface area contributed by atoms with Crippen LogP contribution >= 0.6 is 11.6 Å². The van der Waals surface area contributed by atoms with Gasteiger partial charge in [-0.3, -0.25) is 9.59 Å². The molecular formula is C17H26ClN3O2. The summed E-state index contributed by atoms with van der Waals surface area (Å²) in [6.45, 7) is 8.05. The van der Waals surface area contributed by atoms with Gasteiger partial charge in [0.05, 0.1) is 12.6 Å². The van der Waals surface area contributed by atoms with Gasteiger partial charge < -0.3 is 16.4 Å². The largest absolute Gasteiger partial charge is 0.354 e. The molecule has 1 aromatic carbocycles. The van der Waals surface area contributed by atoms with Crippen LogP contribution < -0.4 is 16.4 Å². The van der Waals surface area contributed by atoms with Crippen molar-refractivity contribution in [3.05, 3.63) is 34.9 Å². The highest BCUT2D eigenvalue weighted by molar-refractivity contribution is 6.31. The van der Waals surface area contributed by atoms with Crippen molar-refractivity contribution in [3.8, 4) is 0 Å². The lowest BCUT2D eigenvalue weighted by Crippen LogP contribution is -2.48. The number of halogens is 1. The van der Waals surface area contributed by atoms with Crippen LogP contribution in [-0.4, -0.2) is 30.9 Å². The molecule has 0 radical (unpaired) electrons. The summed E-state index contributed by atoms with van der Waals surface area (Å²) in [5.74, 6) is -0.549. The van der Waals surface area contributed by atoms with E-state index in [1.165, 1.54) is 0 Å². The second-order valence-electron chi connectivity index (χ2n) is 6.63. The Labute approximate surface area is 143 Å². The van der Waals surface area contributed by atoms with Gasteiger partial charge in [-0.15, -0.1) is 0 Å². The van der Waals surface area contributed by atoms with Crippen molar-refractivity contribution in [2.75, 3.05) is 13.1 Å². The second kappa shape index (κ2) is 8.31. The summed E-state index contributed by atoms with van der Waals surface area (Å²) in [6.07, 6.45) is 0. The van der Waals surface area contributed by atoms with Crippen LogP contribution in [0.3, 0.4) is 0 Å². The molecule has 0 bridgehead atoms. The van der Waals surface area contributed by atoms with E-state index in [-0.39, 0.29) is 29.7 Å². The molecule has 0 saturated carbocycles. The fraction of sp³-hybridized carbons (Fsp3) is 0.529. The van der Waals surface area contributed by atoms with Gasteiger partial charge in [0, 0.05) is 17.0 Å². The molecule has 1 rings (SSSR count). The molecule has 0 spiro atoms. The summed E-state index contributed by atoms with van der Waals surface area (Å²) in [5, 5.41) is 6.04. The van der Waals surface area contributed by atoms with E-state index in [9.17, 15) is 9.59 Å². The molecule has 6 heteroatoms. The van der Waals surface area contributed by atoms with Crippen LogP contribution in [0, 0.1) is 5.92 Å². The average molecular weight is 340 g/mol. The van der Waals surface area contributed by atoms with Gasteiger partial charge in [0.1, 0.15) is 0 Å². The van der Waals surface area contributed by atoms with E-state index in [2.05, 4.69) is 10.6 Å². The highest BCUT2D eigenvalue weighted by Gasteiger charge is 2.24. The summed E-state index contributed by atoms with van der Waals surface area (Å²) in [7, 11) is 0. The van der Waals surface area contributed by atoms with Gasteiger partial charge in [0.2, 0.25) is 11.8 Å². The highest BCUT2D eigenvalue weighted by atomic mass is 35.5. The molecule has 0 fully saturated rings. The first kappa shape index (κ1) is 19.5. The predicted molar refractivity (Wildman–Crippen MR) is 93.3 cm³/mol. The average Bonchev–Trinajstić information content (AvgIpc) is 2.50. The summed E-state index contributed by atoms with van der Waals surface area (Å²) in [4.78, 5) is 23.6. The molecule has 0 saturated heterocycles. The molecule has 1 atom stereocenters. The molecule has 0 aliphatic rings. The number of hydrogen-bond acceptors (Lipinski definition) is 3. The lowest BCUT2D eigenvalue weighted by atomic mass is 9.84. The maximum atomic E-state index is 11.9. The van der Waals surface area contributed by atoms with Gasteiger partial charge >= 0.3 is 0 Å². The van der Waals surface area contributed by atoms with Crippen LogP contribution in [0.1, 0.15) is 33.3 Å². The summed E-state index contributed by atoms with van der Waals surface area (Å²) in [6, 6.07) is 6.94. The van der Waals surface area contributed by atoms with Crippen LogP contribution in [-0.2, 0) is 15.0 Å². The summed E-state index contributed by atoms with van der Waals surface area (Å²) < 4.78 is 0. The van der Waals surface area contributed by atoms with Crippen LogP contribution in [0.2, 0.25) is 5.02 Å². The number of carbonyl (C=O) groups excluding carboxylic acids is 2. The Morgan fingerprint density at radius 1 is 1.22 bits per heavy atom. The predicted octanol–water partition coefficient (Wildman–Crippen LogP) is 1.83. The van der Waals surface area contributed by atoms with Gasteiger partial charge in [-0.2, -0.15) is 0 Å². The molecule has 0 heterocycles. The number of rotatable bonds is 7. The van der Waals surface area contributed by atoms with Gasteiger partial charge in [0.15, 0.2) is 0 Å². The number of benzene rings is 1. The van der Waals surface area contributed by atoms with E-state index in [4.69, 9.17) is 17.3 Å². The molecule has 0 aliphatic carbocycles. The summed E-state index contributed by atoms with van der Waals surface area (Å²) >= 11 is 6.21. The second-order valence-corrected chi connectivity index (χ2v) is 7.04.